The summed E-state index contributed by atoms with van der Waals surface area (Å²) < 4.78 is 0. The summed E-state index contributed by atoms with van der Waals surface area (Å²) in [6, 6.07) is 0. The van der Waals surface area contributed by atoms with E-state index in [1.165, 1.54) is 36.7 Å². The second kappa shape index (κ2) is 9.36. The van der Waals surface area contributed by atoms with Gasteiger partial charge in [0, 0.05) is 38.0 Å². The molecule has 0 saturated carbocycles. The molecule has 1 fully saturated rings. The van der Waals surface area contributed by atoms with Gasteiger partial charge in [0.05, 0.1) is 0 Å². The molecule has 1 aliphatic carbocycles. The lowest BCUT2D eigenvalue weighted by Crippen LogP contribution is -2.37. The number of likely N-dealkylation sites (tertiary alicyclic amines) is 1. The van der Waals surface area contributed by atoms with Crippen LogP contribution in [0.15, 0.2) is 11.8 Å². The van der Waals surface area contributed by atoms with Gasteiger partial charge in [-0.1, -0.05) is 31.2 Å². The molecule has 0 radical (unpaired) electrons. The van der Waals surface area contributed by atoms with Crippen molar-refractivity contribution in [3.8, 4) is 0 Å². The van der Waals surface area contributed by atoms with Crippen LogP contribution in [0, 0.1) is 5.92 Å². The number of carbonyl (C=O) groups excluding carboxylic acids is 2. The van der Waals surface area contributed by atoms with Crippen molar-refractivity contribution >= 4 is 22.9 Å². The van der Waals surface area contributed by atoms with Crippen molar-refractivity contribution < 1.29 is 9.59 Å². The van der Waals surface area contributed by atoms with Crippen molar-refractivity contribution in [2.24, 2.45) is 5.92 Å². The van der Waals surface area contributed by atoms with E-state index in [0.717, 1.165) is 38.8 Å². The van der Waals surface area contributed by atoms with Gasteiger partial charge >= 0.3 is 0 Å². The van der Waals surface area contributed by atoms with Gasteiger partial charge < -0.3 is 9.80 Å². The molecular weight excluding hydrogens is 308 g/mol. The Morgan fingerprint density at radius 2 is 2.13 bits per heavy atom. The summed E-state index contributed by atoms with van der Waals surface area (Å²) in [6.45, 7) is 3.78. The molecule has 0 aromatic carbocycles. The molecule has 1 aliphatic heterocycles. The van der Waals surface area contributed by atoms with Gasteiger partial charge in [-0.3, -0.25) is 9.59 Å². The SMILES string of the molecule is CCCCN(C)C(=O)CCSC(=O)N1CCCC2CCCC=C21. The molecule has 0 aromatic rings. The van der Waals surface area contributed by atoms with E-state index < -0.39 is 0 Å². The Morgan fingerprint density at radius 3 is 2.91 bits per heavy atom. The lowest BCUT2D eigenvalue weighted by atomic mass is 9.85. The maximum atomic E-state index is 12.5. The van der Waals surface area contributed by atoms with Crippen molar-refractivity contribution in [3.05, 3.63) is 11.8 Å². The maximum absolute atomic E-state index is 12.5. The van der Waals surface area contributed by atoms with Crippen LogP contribution in [0.25, 0.3) is 0 Å². The molecule has 2 amide bonds. The summed E-state index contributed by atoms with van der Waals surface area (Å²) in [6.07, 6.45) is 10.7. The number of amides is 2. The van der Waals surface area contributed by atoms with Crippen LogP contribution in [-0.2, 0) is 4.79 Å². The standard InChI is InChI=1S/C18H30N2O2S/c1-3-4-12-19(2)17(21)11-14-23-18(22)20-13-7-9-15-8-5-6-10-16(15)20/h10,15H,3-9,11-14H2,1-2H3. The summed E-state index contributed by atoms with van der Waals surface area (Å²) in [5.74, 6) is 1.32. The van der Waals surface area contributed by atoms with Gasteiger partial charge in [-0.15, -0.1) is 0 Å². The van der Waals surface area contributed by atoms with E-state index in [9.17, 15) is 9.59 Å². The normalized spacial score (nSPS) is 20.7. The van der Waals surface area contributed by atoms with E-state index in [1.807, 2.05) is 11.9 Å². The first kappa shape index (κ1) is 18.4. The molecule has 23 heavy (non-hydrogen) atoms. The predicted octanol–water partition coefficient (Wildman–Crippen LogP) is 4.27. The third-order valence-corrected chi connectivity index (χ3v) is 5.68. The minimum absolute atomic E-state index is 0.131. The summed E-state index contributed by atoms with van der Waals surface area (Å²) in [7, 11) is 1.85. The Labute approximate surface area is 144 Å². The molecular formula is C18H30N2O2S. The first-order valence-electron chi connectivity index (χ1n) is 9.01. The van der Waals surface area contributed by atoms with Gasteiger partial charge in [0.2, 0.25) is 5.91 Å². The van der Waals surface area contributed by atoms with Crippen LogP contribution in [0.4, 0.5) is 4.79 Å². The molecule has 1 unspecified atom stereocenters. The zero-order chi connectivity index (χ0) is 16.7. The lowest BCUT2D eigenvalue weighted by molar-refractivity contribution is -0.129. The van der Waals surface area contributed by atoms with Crippen molar-refractivity contribution in [1.29, 1.82) is 0 Å². The first-order valence-corrected chi connectivity index (χ1v) is 10.00. The second-order valence-electron chi connectivity index (χ2n) is 6.58. The number of carbonyl (C=O) groups is 2. The Kier molecular flexibility index (Phi) is 7.47. The average molecular weight is 339 g/mol. The van der Waals surface area contributed by atoms with E-state index in [4.69, 9.17) is 0 Å². The molecule has 0 N–H and O–H groups in total. The van der Waals surface area contributed by atoms with Gasteiger partial charge in [-0.05, 0) is 44.4 Å². The fraction of sp³-hybridized carbons (Fsp3) is 0.778. The average Bonchev–Trinajstić information content (AvgIpc) is 2.58. The number of hydrogen-bond acceptors (Lipinski definition) is 3. The number of thioether (sulfide) groups is 1. The third kappa shape index (κ3) is 5.27. The van der Waals surface area contributed by atoms with Crippen molar-refractivity contribution in [2.45, 2.75) is 58.3 Å². The predicted molar refractivity (Wildman–Crippen MR) is 96.4 cm³/mol. The summed E-state index contributed by atoms with van der Waals surface area (Å²) in [5.41, 5.74) is 1.26. The number of allylic oxidation sites excluding steroid dienone is 2. The molecule has 1 heterocycles. The molecule has 5 heteroatoms. The quantitative estimate of drug-likeness (QED) is 0.726. The van der Waals surface area contributed by atoms with E-state index in [1.54, 1.807) is 4.90 Å². The molecule has 2 rings (SSSR count). The Morgan fingerprint density at radius 1 is 1.35 bits per heavy atom. The fourth-order valence-corrected chi connectivity index (χ4v) is 4.19. The van der Waals surface area contributed by atoms with Crippen LogP contribution in [0.1, 0.15) is 58.3 Å². The van der Waals surface area contributed by atoms with Gasteiger partial charge in [0.15, 0.2) is 0 Å². The van der Waals surface area contributed by atoms with Crippen LogP contribution in [-0.4, -0.2) is 46.8 Å². The largest absolute Gasteiger partial charge is 0.346 e. The van der Waals surface area contributed by atoms with Gasteiger partial charge in [-0.2, -0.15) is 0 Å². The van der Waals surface area contributed by atoms with Crippen molar-refractivity contribution in [3.63, 3.8) is 0 Å². The van der Waals surface area contributed by atoms with Crippen LogP contribution < -0.4 is 0 Å². The second-order valence-corrected chi connectivity index (χ2v) is 7.63. The number of hydrogen-bond donors (Lipinski definition) is 0. The van der Waals surface area contributed by atoms with Crippen LogP contribution in [0.3, 0.4) is 0 Å². The molecule has 130 valence electrons. The van der Waals surface area contributed by atoms with Crippen LogP contribution in [0.2, 0.25) is 0 Å². The molecule has 1 saturated heterocycles. The summed E-state index contributed by atoms with van der Waals surface area (Å²) >= 11 is 1.31. The van der Waals surface area contributed by atoms with Crippen LogP contribution >= 0.6 is 11.8 Å². The smallest absolute Gasteiger partial charge is 0.285 e. The Hall–Kier alpha value is -0.970. The number of fused-ring (bicyclic) bond motifs is 1. The molecule has 0 bridgehead atoms. The lowest BCUT2D eigenvalue weighted by Gasteiger charge is -2.37. The van der Waals surface area contributed by atoms with Crippen molar-refractivity contribution in [1.82, 2.24) is 9.80 Å². The summed E-state index contributed by atoms with van der Waals surface area (Å²) in [4.78, 5) is 28.3. The Balaban J connectivity index is 1.76. The fourth-order valence-electron chi connectivity index (χ4n) is 3.39. The number of rotatable bonds is 6. The first-order chi connectivity index (χ1) is 11.1. The molecule has 4 nitrogen and oxygen atoms in total. The summed E-state index contributed by atoms with van der Waals surface area (Å²) in [5, 5.41) is 0.131. The highest BCUT2D eigenvalue weighted by Crippen LogP contribution is 2.36. The van der Waals surface area contributed by atoms with Gasteiger partial charge in [0.25, 0.3) is 5.24 Å². The monoisotopic (exact) mass is 338 g/mol. The van der Waals surface area contributed by atoms with E-state index in [2.05, 4.69) is 13.0 Å². The molecule has 0 spiro atoms. The van der Waals surface area contributed by atoms with Crippen LogP contribution in [0.5, 0.6) is 0 Å². The minimum atomic E-state index is 0.131. The highest BCUT2D eigenvalue weighted by molar-refractivity contribution is 8.13. The number of nitrogens with zero attached hydrogens (tertiary/aromatic N) is 2. The highest BCUT2D eigenvalue weighted by Gasteiger charge is 2.30. The topological polar surface area (TPSA) is 40.6 Å². The highest BCUT2D eigenvalue weighted by atomic mass is 32.2. The Bertz CT molecular complexity index is 450. The maximum Gasteiger partial charge on any atom is 0.285 e. The van der Waals surface area contributed by atoms with Gasteiger partial charge in [0.1, 0.15) is 0 Å². The minimum Gasteiger partial charge on any atom is -0.346 e. The van der Waals surface area contributed by atoms with E-state index in [-0.39, 0.29) is 11.1 Å². The molecule has 1 atom stereocenters. The number of unbranched alkanes of at least 4 members (excludes halogenated alkanes) is 1. The zero-order valence-electron chi connectivity index (χ0n) is 14.6. The van der Waals surface area contributed by atoms with Crippen molar-refractivity contribution in [2.75, 3.05) is 25.9 Å². The number of piperidine rings is 1. The zero-order valence-corrected chi connectivity index (χ0v) is 15.4. The van der Waals surface area contributed by atoms with E-state index >= 15 is 0 Å². The third-order valence-electron chi connectivity index (χ3n) is 4.81. The molecule has 0 aromatic heterocycles. The van der Waals surface area contributed by atoms with E-state index in [0.29, 0.717) is 18.1 Å². The van der Waals surface area contributed by atoms with Gasteiger partial charge in [-0.25, -0.2) is 0 Å². The molecule has 2 aliphatic rings.